The molecular weight excluding hydrogens is 911 g/mol. The molecule has 7 atom stereocenters. The summed E-state index contributed by atoms with van der Waals surface area (Å²) in [5, 5.41) is 54.5. The summed E-state index contributed by atoms with van der Waals surface area (Å²) in [5.41, 5.74) is 0. The fraction of sp³-hybridized carbons (Fsp3) is 0.953. The van der Waals surface area contributed by atoms with Crippen LogP contribution in [0.3, 0.4) is 0 Å². The molecule has 0 aromatic carbocycles. The van der Waals surface area contributed by atoms with E-state index in [1.807, 2.05) is 0 Å². The van der Waals surface area contributed by atoms with Crippen LogP contribution >= 0.6 is 0 Å². The summed E-state index contributed by atoms with van der Waals surface area (Å²) in [7, 11) is 0. The minimum absolute atomic E-state index is 0.132. The number of ether oxygens (including phenoxy) is 2. The van der Waals surface area contributed by atoms with Crippen LogP contribution in [-0.4, -0.2) is 87.5 Å². The number of carbonyl (C=O) groups excluding carboxylic acids is 1. The molecule has 9 heteroatoms. The number of hydrogen-bond acceptors (Lipinski definition) is 8. The summed E-state index contributed by atoms with van der Waals surface area (Å²) in [6.07, 6.45) is 61.6. The molecule has 0 spiro atoms. The molecule has 0 radical (unpaired) electrons. The molecule has 1 fully saturated rings. The Kier molecular flexibility index (Phi) is 52.0. The van der Waals surface area contributed by atoms with Crippen molar-refractivity contribution in [2.75, 3.05) is 13.2 Å². The third kappa shape index (κ3) is 43.6. The highest BCUT2D eigenvalue weighted by molar-refractivity contribution is 5.76. The zero-order valence-electron chi connectivity index (χ0n) is 48.4. The summed E-state index contributed by atoms with van der Waals surface area (Å²) in [6, 6.07) is -0.713. The van der Waals surface area contributed by atoms with Crippen LogP contribution in [0.2, 0.25) is 0 Å². The first kappa shape index (κ1) is 69.9. The van der Waals surface area contributed by atoms with Crippen molar-refractivity contribution in [1.82, 2.24) is 5.32 Å². The maximum absolute atomic E-state index is 13.1. The Balaban J connectivity index is 1.98. The zero-order valence-corrected chi connectivity index (χ0v) is 48.4. The molecule has 7 unspecified atom stereocenters. The number of unbranched alkanes of at least 4 members (excludes halogenated alkanes) is 45. The second kappa shape index (κ2) is 54.3. The van der Waals surface area contributed by atoms with Gasteiger partial charge in [-0.05, 0) is 38.5 Å². The second-order valence-electron chi connectivity index (χ2n) is 22.9. The number of allylic oxidation sites excluding steroid dienone is 2. The van der Waals surface area contributed by atoms with Gasteiger partial charge in [0.05, 0.1) is 25.4 Å². The Morgan fingerprint density at radius 3 is 1.11 bits per heavy atom. The largest absolute Gasteiger partial charge is 0.394 e. The Hall–Kier alpha value is -1.07. The highest BCUT2D eigenvalue weighted by atomic mass is 16.7. The molecule has 1 aliphatic rings. The molecule has 9 nitrogen and oxygen atoms in total. The number of nitrogens with one attached hydrogen (secondary N) is 1. The van der Waals surface area contributed by atoms with Gasteiger partial charge in [0.1, 0.15) is 24.4 Å². The van der Waals surface area contributed by atoms with Gasteiger partial charge in [0.15, 0.2) is 6.29 Å². The Morgan fingerprint density at radius 2 is 0.767 bits per heavy atom. The van der Waals surface area contributed by atoms with E-state index in [0.717, 1.165) is 38.5 Å². The molecule has 0 aromatic rings. The van der Waals surface area contributed by atoms with Crippen LogP contribution in [-0.2, 0) is 14.3 Å². The molecule has 1 saturated heterocycles. The molecule has 1 heterocycles. The van der Waals surface area contributed by atoms with Crippen LogP contribution in [0, 0.1) is 0 Å². The van der Waals surface area contributed by atoms with Crippen LogP contribution in [0.5, 0.6) is 0 Å². The summed E-state index contributed by atoms with van der Waals surface area (Å²) in [4.78, 5) is 13.1. The highest BCUT2D eigenvalue weighted by Gasteiger charge is 2.44. The van der Waals surface area contributed by atoms with Gasteiger partial charge in [-0.1, -0.05) is 302 Å². The fourth-order valence-corrected chi connectivity index (χ4v) is 10.7. The average Bonchev–Trinajstić information content (AvgIpc) is 3.39. The lowest BCUT2D eigenvalue weighted by atomic mass is 9.99. The van der Waals surface area contributed by atoms with Crippen molar-refractivity contribution in [2.24, 2.45) is 0 Å². The maximum atomic E-state index is 13.1. The summed E-state index contributed by atoms with van der Waals surface area (Å²) < 4.78 is 11.3. The number of aliphatic hydroxyl groups is 5. The van der Waals surface area contributed by atoms with E-state index in [1.54, 1.807) is 0 Å². The molecule has 6 N–H and O–H groups in total. The van der Waals surface area contributed by atoms with Crippen molar-refractivity contribution in [3.63, 3.8) is 0 Å². The first-order valence-corrected chi connectivity index (χ1v) is 32.4. The molecule has 0 saturated carbocycles. The van der Waals surface area contributed by atoms with Gasteiger partial charge in [-0.15, -0.1) is 0 Å². The van der Waals surface area contributed by atoms with Gasteiger partial charge in [-0.3, -0.25) is 4.79 Å². The van der Waals surface area contributed by atoms with Crippen LogP contribution in [0.4, 0.5) is 0 Å². The molecular formula is C64H125NO8. The smallest absolute Gasteiger partial charge is 0.220 e. The standard InChI is InChI=1S/C64H125NO8/c1-3-5-7-9-11-13-15-16-17-18-19-20-21-22-23-24-25-26-27-28-29-30-31-32-33-34-35-36-37-38-39-40-41-42-44-46-48-50-52-54-60(68)65-57(56-72-64-63(71)62(70)61(69)59(55-66)73-64)58(67)53-51-49-47-45-43-14-12-10-8-6-4-2/h18-19,57-59,61-64,66-67,69-71H,3-17,20-56H2,1-2H3,(H,65,68)/b19-18-. The third-order valence-electron chi connectivity index (χ3n) is 15.9. The van der Waals surface area contributed by atoms with E-state index in [-0.39, 0.29) is 12.5 Å². The van der Waals surface area contributed by atoms with Crippen LogP contribution in [0.25, 0.3) is 0 Å². The SMILES string of the molecule is CCCCCCCCCC/C=C\CCCCCCCCCCCCCCCCCCCCCCCCCCCCCC(=O)NC(COC1OC(CO)C(O)C(O)C1O)C(O)CCCCCCCCCCCCC. The average molecular weight is 1040 g/mol. The van der Waals surface area contributed by atoms with Gasteiger partial charge in [0, 0.05) is 6.42 Å². The molecule has 0 aliphatic carbocycles. The molecule has 0 bridgehead atoms. The molecule has 0 aromatic heterocycles. The number of aliphatic hydroxyl groups excluding tert-OH is 5. The predicted octanol–water partition coefficient (Wildman–Crippen LogP) is 16.7. The molecule has 1 aliphatic heterocycles. The van der Waals surface area contributed by atoms with E-state index in [9.17, 15) is 30.3 Å². The van der Waals surface area contributed by atoms with Crippen LogP contribution < -0.4 is 5.32 Å². The summed E-state index contributed by atoms with van der Waals surface area (Å²) in [6.45, 7) is 3.86. The van der Waals surface area contributed by atoms with Gasteiger partial charge >= 0.3 is 0 Å². The third-order valence-corrected chi connectivity index (χ3v) is 15.9. The van der Waals surface area contributed by atoms with Crippen molar-refractivity contribution in [2.45, 2.75) is 378 Å². The maximum Gasteiger partial charge on any atom is 0.220 e. The number of hydrogen-bond donors (Lipinski definition) is 6. The summed E-state index contributed by atoms with van der Waals surface area (Å²) >= 11 is 0. The zero-order chi connectivity index (χ0) is 52.9. The van der Waals surface area contributed by atoms with Gasteiger partial charge in [0.25, 0.3) is 0 Å². The second-order valence-corrected chi connectivity index (χ2v) is 22.9. The van der Waals surface area contributed by atoms with Crippen molar-refractivity contribution >= 4 is 5.91 Å². The Labute approximate surface area is 452 Å². The highest BCUT2D eigenvalue weighted by Crippen LogP contribution is 2.24. The van der Waals surface area contributed by atoms with Crippen molar-refractivity contribution < 1.29 is 39.8 Å². The van der Waals surface area contributed by atoms with Gasteiger partial charge < -0.3 is 40.3 Å². The van der Waals surface area contributed by atoms with Gasteiger partial charge in [-0.2, -0.15) is 0 Å². The lowest BCUT2D eigenvalue weighted by Gasteiger charge is -2.40. The van der Waals surface area contributed by atoms with Crippen molar-refractivity contribution in [3.05, 3.63) is 12.2 Å². The van der Waals surface area contributed by atoms with Crippen molar-refractivity contribution in [1.29, 1.82) is 0 Å². The van der Waals surface area contributed by atoms with E-state index in [2.05, 4.69) is 31.3 Å². The minimum atomic E-state index is -1.55. The molecule has 434 valence electrons. The van der Waals surface area contributed by atoms with E-state index < -0.39 is 49.5 Å². The van der Waals surface area contributed by atoms with E-state index in [1.165, 1.54) is 270 Å². The molecule has 73 heavy (non-hydrogen) atoms. The molecule has 1 rings (SSSR count). The van der Waals surface area contributed by atoms with Crippen molar-refractivity contribution in [3.8, 4) is 0 Å². The number of carbonyl (C=O) groups is 1. The monoisotopic (exact) mass is 1040 g/mol. The molecule has 1 amide bonds. The fourth-order valence-electron chi connectivity index (χ4n) is 10.7. The number of amides is 1. The van der Waals surface area contributed by atoms with E-state index in [0.29, 0.717) is 12.8 Å². The van der Waals surface area contributed by atoms with E-state index >= 15 is 0 Å². The normalized spacial score (nSPS) is 19.0. The quantitative estimate of drug-likeness (QED) is 0.0261. The number of rotatable bonds is 57. The first-order chi connectivity index (χ1) is 35.8. The van der Waals surface area contributed by atoms with Gasteiger partial charge in [0.2, 0.25) is 5.91 Å². The topological polar surface area (TPSA) is 149 Å². The summed E-state index contributed by atoms with van der Waals surface area (Å²) in [5.74, 6) is -0.138. The lowest BCUT2D eigenvalue weighted by Crippen LogP contribution is -2.60. The lowest BCUT2D eigenvalue weighted by molar-refractivity contribution is -0.302. The Bertz CT molecular complexity index is 1150. The van der Waals surface area contributed by atoms with E-state index in [4.69, 9.17) is 9.47 Å². The Morgan fingerprint density at radius 1 is 0.452 bits per heavy atom. The predicted molar refractivity (Wildman–Crippen MR) is 309 cm³/mol. The minimum Gasteiger partial charge on any atom is -0.394 e. The first-order valence-electron chi connectivity index (χ1n) is 32.4. The van der Waals surface area contributed by atoms with Gasteiger partial charge in [-0.25, -0.2) is 0 Å². The van der Waals surface area contributed by atoms with Crippen LogP contribution in [0.1, 0.15) is 335 Å². The van der Waals surface area contributed by atoms with Crippen LogP contribution in [0.15, 0.2) is 12.2 Å².